The largest absolute Gasteiger partial charge is 0.335 e. The lowest BCUT2D eigenvalue weighted by Gasteiger charge is -2.33. The van der Waals surface area contributed by atoms with Gasteiger partial charge in [0.15, 0.2) is 0 Å². The number of amides is 2. The minimum atomic E-state index is 0. The molecule has 2 aliphatic carbocycles. The SMILES string of the molecule is C.CN(C(=O)NC1CCCCC1)C1CCCCC1. The van der Waals surface area contributed by atoms with Crippen LogP contribution in [0.15, 0.2) is 0 Å². The number of hydrogen-bond acceptors (Lipinski definition) is 1. The highest BCUT2D eigenvalue weighted by molar-refractivity contribution is 5.74. The van der Waals surface area contributed by atoms with Crippen molar-refractivity contribution in [2.75, 3.05) is 7.05 Å². The molecular formula is C15H30N2O. The summed E-state index contributed by atoms with van der Waals surface area (Å²) in [5, 5.41) is 3.20. The molecule has 0 spiro atoms. The van der Waals surface area contributed by atoms with Crippen molar-refractivity contribution in [2.45, 2.75) is 83.7 Å². The lowest BCUT2D eigenvalue weighted by atomic mass is 9.94. The summed E-state index contributed by atoms with van der Waals surface area (Å²) in [5.41, 5.74) is 0. The van der Waals surface area contributed by atoms with Crippen molar-refractivity contribution >= 4 is 6.03 Å². The molecule has 3 heteroatoms. The van der Waals surface area contributed by atoms with Crippen molar-refractivity contribution < 1.29 is 4.79 Å². The maximum atomic E-state index is 12.1. The zero-order valence-corrected chi connectivity index (χ0v) is 11.1. The molecule has 1 N–H and O–H groups in total. The standard InChI is InChI=1S/C14H26N2O.CH4/c1-16(13-10-6-3-7-11-13)14(17)15-12-8-4-2-5-9-12;/h12-13H,2-11H2,1H3,(H,15,17);1H4. The Bertz CT molecular complexity index is 243. The van der Waals surface area contributed by atoms with Gasteiger partial charge in [-0.25, -0.2) is 4.79 Å². The van der Waals surface area contributed by atoms with Gasteiger partial charge in [-0.2, -0.15) is 0 Å². The van der Waals surface area contributed by atoms with Gasteiger partial charge in [-0.05, 0) is 25.7 Å². The highest BCUT2D eigenvalue weighted by Crippen LogP contribution is 2.22. The second kappa shape index (κ2) is 7.65. The second-order valence-electron chi connectivity index (χ2n) is 5.69. The summed E-state index contributed by atoms with van der Waals surface area (Å²) in [6, 6.07) is 1.07. The second-order valence-corrected chi connectivity index (χ2v) is 5.69. The van der Waals surface area contributed by atoms with E-state index in [1.807, 2.05) is 11.9 Å². The number of carbonyl (C=O) groups excluding carboxylic acids is 1. The van der Waals surface area contributed by atoms with Crippen LogP contribution in [0.25, 0.3) is 0 Å². The van der Waals surface area contributed by atoms with Crippen LogP contribution in [0.2, 0.25) is 0 Å². The van der Waals surface area contributed by atoms with E-state index in [1.54, 1.807) is 0 Å². The molecule has 2 rings (SSSR count). The minimum absolute atomic E-state index is 0. The number of carbonyl (C=O) groups is 1. The van der Waals surface area contributed by atoms with E-state index in [0.29, 0.717) is 12.1 Å². The summed E-state index contributed by atoms with van der Waals surface area (Å²) in [5.74, 6) is 0. The van der Waals surface area contributed by atoms with E-state index in [-0.39, 0.29) is 13.5 Å². The molecule has 18 heavy (non-hydrogen) atoms. The third-order valence-corrected chi connectivity index (χ3v) is 4.38. The summed E-state index contributed by atoms with van der Waals surface area (Å²) in [7, 11) is 1.97. The fourth-order valence-corrected chi connectivity index (χ4v) is 3.16. The molecular weight excluding hydrogens is 224 g/mol. The Balaban J connectivity index is 0.00000162. The first-order valence-electron chi connectivity index (χ1n) is 7.30. The van der Waals surface area contributed by atoms with Crippen LogP contribution in [0.5, 0.6) is 0 Å². The van der Waals surface area contributed by atoms with Gasteiger partial charge in [0.2, 0.25) is 0 Å². The molecule has 2 aliphatic rings. The fourth-order valence-electron chi connectivity index (χ4n) is 3.16. The van der Waals surface area contributed by atoms with Crippen molar-refractivity contribution in [1.29, 1.82) is 0 Å². The van der Waals surface area contributed by atoms with Gasteiger partial charge in [0.05, 0.1) is 0 Å². The van der Waals surface area contributed by atoms with Gasteiger partial charge < -0.3 is 10.2 Å². The predicted octanol–water partition coefficient (Wildman–Crippen LogP) is 3.93. The average molecular weight is 254 g/mol. The molecule has 0 saturated heterocycles. The summed E-state index contributed by atoms with van der Waals surface area (Å²) >= 11 is 0. The summed E-state index contributed by atoms with van der Waals surface area (Å²) in [6.07, 6.45) is 12.5. The molecule has 2 saturated carbocycles. The lowest BCUT2D eigenvalue weighted by Crippen LogP contribution is -2.48. The Morgan fingerprint density at radius 1 is 0.944 bits per heavy atom. The summed E-state index contributed by atoms with van der Waals surface area (Å²) in [4.78, 5) is 14.1. The Morgan fingerprint density at radius 2 is 1.44 bits per heavy atom. The maximum Gasteiger partial charge on any atom is 0.317 e. The molecule has 0 atom stereocenters. The van der Waals surface area contributed by atoms with Crippen molar-refractivity contribution in [3.63, 3.8) is 0 Å². The molecule has 0 unspecified atom stereocenters. The van der Waals surface area contributed by atoms with Gasteiger partial charge in [-0.15, -0.1) is 0 Å². The van der Waals surface area contributed by atoms with Crippen LogP contribution >= 0.6 is 0 Å². The van der Waals surface area contributed by atoms with E-state index in [9.17, 15) is 4.79 Å². The molecule has 0 aromatic rings. The van der Waals surface area contributed by atoms with Gasteiger partial charge in [0, 0.05) is 19.1 Å². The molecule has 2 fully saturated rings. The lowest BCUT2D eigenvalue weighted by molar-refractivity contribution is 0.167. The van der Waals surface area contributed by atoms with Crippen LogP contribution in [-0.4, -0.2) is 30.1 Å². The third kappa shape index (κ3) is 4.18. The smallest absolute Gasteiger partial charge is 0.317 e. The van der Waals surface area contributed by atoms with Crippen LogP contribution < -0.4 is 5.32 Å². The van der Waals surface area contributed by atoms with Gasteiger partial charge in [-0.3, -0.25) is 0 Å². The number of nitrogens with zero attached hydrogens (tertiary/aromatic N) is 1. The van der Waals surface area contributed by atoms with Crippen LogP contribution in [-0.2, 0) is 0 Å². The zero-order chi connectivity index (χ0) is 12.1. The number of hydrogen-bond donors (Lipinski definition) is 1. The topological polar surface area (TPSA) is 32.3 Å². The monoisotopic (exact) mass is 254 g/mol. The molecule has 0 aliphatic heterocycles. The Hall–Kier alpha value is -0.730. The highest BCUT2D eigenvalue weighted by Gasteiger charge is 2.24. The van der Waals surface area contributed by atoms with E-state index in [2.05, 4.69) is 5.32 Å². The number of nitrogens with one attached hydrogen (secondary N) is 1. The van der Waals surface area contributed by atoms with Gasteiger partial charge in [-0.1, -0.05) is 46.0 Å². The quantitative estimate of drug-likeness (QED) is 0.795. The molecule has 0 aromatic carbocycles. The van der Waals surface area contributed by atoms with E-state index in [0.717, 1.165) is 0 Å². The van der Waals surface area contributed by atoms with Gasteiger partial charge >= 0.3 is 6.03 Å². The van der Waals surface area contributed by atoms with Gasteiger partial charge in [0.1, 0.15) is 0 Å². The first-order chi connectivity index (χ1) is 8.27. The average Bonchev–Trinajstić information content (AvgIpc) is 2.40. The minimum Gasteiger partial charge on any atom is -0.335 e. The van der Waals surface area contributed by atoms with Crippen molar-refractivity contribution in [3.05, 3.63) is 0 Å². The molecule has 0 bridgehead atoms. The van der Waals surface area contributed by atoms with E-state index >= 15 is 0 Å². The van der Waals surface area contributed by atoms with E-state index in [4.69, 9.17) is 0 Å². The zero-order valence-electron chi connectivity index (χ0n) is 11.1. The van der Waals surface area contributed by atoms with Crippen LogP contribution in [0.3, 0.4) is 0 Å². The molecule has 2 amide bonds. The Labute approximate surface area is 112 Å². The molecule has 0 heterocycles. The normalized spacial score (nSPS) is 22.1. The van der Waals surface area contributed by atoms with Crippen LogP contribution in [0.4, 0.5) is 4.79 Å². The third-order valence-electron chi connectivity index (χ3n) is 4.38. The Kier molecular flexibility index (Phi) is 6.51. The van der Waals surface area contributed by atoms with Crippen LogP contribution in [0.1, 0.15) is 71.6 Å². The molecule has 0 aromatic heterocycles. The Morgan fingerprint density at radius 3 is 2.00 bits per heavy atom. The molecule has 0 radical (unpaired) electrons. The first-order valence-corrected chi connectivity index (χ1v) is 7.30. The van der Waals surface area contributed by atoms with Crippen molar-refractivity contribution in [3.8, 4) is 0 Å². The molecule has 3 nitrogen and oxygen atoms in total. The maximum absolute atomic E-state index is 12.1. The van der Waals surface area contributed by atoms with Gasteiger partial charge in [0.25, 0.3) is 0 Å². The van der Waals surface area contributed by atoms with Crippen molar-refractivity contribution in [2.24, 2.45) is 0 Å². The van der Waals surface area contributed by atoms with E-state index < -0.39 is 0 Å². The fraction of sp³-hybridized carbons (Fsp3) is 0.933. The van der Waals surface area contributed by atoms with Crippen molar-refractivity contribution in [1.82, 2.24) is 10.2 Å². The summed E-state index contributed by atoms with van der Waals surface area (Å²) < 4.78 is 0. The van der Waals surface area contributed by atoms with E-state index in [1.165, 1.54) is 64.2 Å². The highest BCUT2D eigenvalue weighted by atomic mass is 16.2. The first kappa shape index (κ1) is 15.3. The number of urea groups is 1. The summed E-state index contributed by atoms with van der Waals surface area (Å²) in [6.45, 7) is 0. The molecule has 106 valence electrons. The predicted molar refractivity (Wildman–Crippen MR) is 76.8 cm³/mol. The number of rotatable bonds is 2. The van der Waals surface area contributed by atoms with Crippen LogP contribution in [0, 0.1) is 0 Å².